The zero-order valence-corrected chi connectivity index (χ0v) is 18.5. The van der Waals surface area contributed by atoms with Crippen LogP contribution in [-0.2, 0) is 13.1 Å². The molecule has 0 amide bonds. The van der Waals surface area contributed by atoms with E-state index < -0.39 is 0 Å². The first-order valence-corrected chi connectivity index (χ1v) is 11.0. The molecule has 32 heavy (non-hydrogen) atoms. The Bertz CT molecular complexity index is 1330. The van der Waals surface area contributed by atoms with Crippen molar-refractivity contribution in [3.8, 4) is 22.5 Å². The molecule has 0 saturated heterocycles. The van der Waals surface area contributed by atoms with Gasteiger partial charge in [0, 0.05) is 28.9 Å². The molecule has 0 fully saturated rings. The van der Waals surface area contributed by atoms with Crippen LogP contribution in [0.2, 0.25) is 0 Å². The molecule has 8 nitrogen and oxygen atoms in total. The zero-order valence-electron chi connectivity index (χ0n) is 17.7. The third kappa shape index (κ3) is 4.20. The fraction of sp³-hybridized carbons (Fsp3) is 0.174. The third-order valence-electron chi connectivity index (χ3n) is 4.84. The maximum Gasteiger partial charge on any atom is 0.246 e. The monoisotopic (exact) mass is 443 g/mol. The second-order valence-electron chi connectivity index (χ2n) is 7.52. The normalized spacial score (nSPS) is 11.3. The van der Waals surface area contributed by atoms with Gasteiger partial charge in [0.15, 0.2) is 0 Å². The number of anilines is 1. The molecule has 0 atom stereocenters. The minimum atomic E-state index is 0.357. The Kier molecular flexibility index (Phi) is 5.57. The van der Waals surface area contributed by atoms with Gasteiger partial charge in [-0.25, -0.2) is 9.97 Å². The van der Waals surface area contributed by atoms with Crippen LogP contribution in [0.1, 0.15) is 11.7 Å². The highest BCUT2D eigenvalue weighted by molar-refractivity contribution is 7.17. The molecule has 0 aliphatic carbocycles. The van der Waals surface area contributed by atoms with Crippen molar-refractivity contribution in [1.29, 1.82) is 0 Å². The predicted octanol–water partition coefficient (Wildman–Crippen LogP) is 4.48. The molecule has 5 aromatic rings. The molecule has 0 spiro atoms. The second-order valence-corrected chi connectivity index (χ2v) is 8.38. The number of hydrogen-bond donors (Lipinski definition) is 1. The van der Waals surface area contributed by atoms with E-state index in [-0.39, 0.29) is 0 Å². The summed E-state index contributed by atoms with van der Waals surface area (Å²) in [6.07, 6.45) is 3.41. The van der Waals surface area contributed by atoms with Gasteiger partial charge >= 0.3 is 0 Å². The van der Waals surface area contributed by atoms with Gasteiger partial charge in [-0.05, 0) is 31.8 Å². The third-order valence-corrected chi connectivity index (χ3v) is 5.71. The molecule has 0 saturated carbocycles. The first-order valence-electron chi connectivity index (χ1n) is 10.1. The zero-order chi connectivity index (χ0) is 21.9. The van der Waals surface area contributed by atoms with Crippen LogP contribution in [0.4, 0.5) is 5.82 Å². The van der Waals surface area contributed by atoms with E-state index in [4.69, 9.17) is 14.5 Å². The van der Waals surface area contributed by atoms with Crippen LogP contribution in [0.25, 0.3) is 32.7 Å². The molecule has 4 heterocycles. The molecule has 0 bridgehead atoms. The number of rotatable bonds is 7. The highest BCUT2D eigenvalue weighted by atomic mass is 32.1. The van der Waals surface area contributed by atoms with Crippen molar-refractivity contribution in [3.63, 3.8) is 0 Å². The molecule has 5 rings (SSSR count). The topological polar surface area (TPSA) is 92.9 Å². The number of nitrogens with zero attached hydrogens (tertiary/aromatic N) is 6. The number of pyridine rings is 1. The minimum Gasteiger partial charge on any atom is -0.360 e. The highest BCUT2D eigenvalue weighted by Crippen LogP contribution is 2.37. The van der Waals surface area contributed by atoms with E-state index in [1.165, 1.54) is 0 Å². The molecule has 0 aliphatic rings. The van der Waals surface area contributed by atoms with E-state index >= 15 is 0 Å². The Morgan fingerprint density at radius 2 is 1.78 bits per heavy atom. The average molecular weight is 444 g/mol. The van der Waals surface area contributed by atoms with Crippen LogP contribution in [0.5, 0.6) is 0 Å². The Hall–Kier alpha value is -3.69. The highest BCUT2D eigenvalue weighted by Gasteiger charge is 2.17. The summed E-state index contributed by atoms with van der Waals surface area (Å²) in [5.41, 5.74) is 3.09. The van der Waals surface area contributed by atoms with Crippen LogP contribution in [0.15, 0.2) is 64.8 Å². The average Bonchev–Trinajstić information content (AvgIpc) is 3.46. The molecule has 160 valence electrons. The van der Waals surface area contributed by atoms with E-state index in [0.29, 0.717) is 24.8 Å². The SMILES string of the molecule is CN(C)Cc1nc(NCc2nc(-c3ccncc3)no2)c2c(-c3ccccc3)csc2n1. The molecule has 9 heteroatoms. The fourth-order valence-electron chi connectivity index (χ4n) is 3.40. The van der Waals surface area contributed by atoms with Crippen LogP contribution in [-0.4, -0.2) is 44.1 Å². The van der Waals surface area contributed by atoms with Gasteiger partial charge in [0.05, 0.1) is 18.5 Å². The Morgan fingerprint density at radius 1 is 0.969 bits per heavy atom. The summed E-state index contributed by atoms with van der Waals surface area (Å²) >= 11 is 1.62. The van der Waals surface area contributed by atoms with E-state index in [0.717, 1.165) is 38.5 Å². The molecular weight excluding hydrogens is 422 g/mol. The van der Waals surface area contributed by atoms with Crippen molar-refractivity contribution in [1.82, 2.24) is 30.0 Å². The van der Waals surface area contributed by atoms with Gasteiger partial charge in [-0.15, -0.1) is 11.3 Å². The molecule has 4 aromatic heterocycles. The summed E-state index contributed by atoms with van der Waals surface area (Å²) in [6, 6.07) is 14.0. The molecule has 0 radical (unpaired) electrons. The fourth-order valence-corrected chi connectivity index (χ4v) is 4.37. The van der Waals surface area contributed by atoms with E-state index in [9.17, 15) is 0 Å². The van der Waals surface area contributed by atoms with Crippen molar-refractivity contribution in [2.24, 2.45) is 0 Å². The van der Waals surface area contributed by atoms with E-state index in [1.807, 2.05) is 44.4 Å². The number of benzene rings is 1. The Balaban J connectivity index is 1.49. The summed E-state index contributed by atoms with van der Waals surface area (Å²) in [5.74, 6) is 2.53. The van der Waals surface area contributed by atoms with Crippen molar-refractivity contribution in [2.45, 2.75) is 13.1 Å². The lowest BCUT2D eigenvalue weighted by Crippen LogP contribution is -2.14. The van der Waals surface area contributed by atoms with Crippen LogP contribution in [0.3, 0.4) is 0 Å². The van der Waals surface area contributed by atoms with Crippen molar-refractivity contribution < 1.29 is 4.52 Å². The van der Waals surface area contributed by atoms with Gasteiger partial charge in [0.2, 0.25) is 11.7 Å². The molecule has 0 unspecified atom stereocenters. The predicted molar refractivity (Wildman–Crippen MR) is 125 cm³/mol. The molecule has 1 aromatic carbocycles. The van der Waals surface area contributed by atoms with Gasteiger partial charge < -0.3 is 14.7 Å². The summed E-state index contributed by atoms with van der Waals surface area (Å²) < 4.78 is 5.45. The molecule has 0 aliphatic heterocycles. The minimum absolute atomic E-state index is 0.357. The maximum atomic E-state index is 5.45. The van der Waals surface area contributed by atoms with Crippen molar-refractivity contribution >= 4 is 27.4 Å². The largest absolute Gasteiger partial charge is 0.360 e. The van der Waals surface area contributed by atoms with Gasteiger partial charge in [0.1, 0.15) is 16.5 Å². The van der Waals surface area contributed by atoms with Crippen LogP contribution in [0, 0.1) is 0 Å². The molecular formula is C23H21N7OS. The summed E-state index contributed by atoms with van der Waals surface area (Å²) in [7, 11) is 4.01. The van der Waals surface area contributed by atoms with E-state index in [2.05, 4.69) is 42.9 Å². The number of nitrogens with one attached hydrogen (secondary N) is 1. The van der Waals surface area contributed by atoms with Gasteiger partial charge in [-0.3, -0.25) is 4.98 Å². The lowest BCUT2D eigenvalue weighted by Gasteiger charge is -2.12. The van der Waals surface area contributed by atoms with Crippen molar-refractivity contribution in [2.75, 3.05) is 19.4 Å². The second kappa shape index (κ2) is 8.81. The summed E-state index contributed by atoms with van der Waals surface area (Å²) in [4.78, 5) is 21.1. The Labute approximate surface area is 189 Å². The molecule has 1 N–H and O–H groups in total. The number of aromatic nitrogens is 5. The lowest BCUT2D eigenvalue weighted by molar-refractivity contribution is 0.383. The van der Waals surface area contributed by atoms with Crippen molar-refractivity contribution in [3.05, 3.63) is 72.0 Å². The number of thiophene rings is 1. The number of fused-ring (bicyclic) bond motifs is 1. The smallest absolute Gasteiger partial charge is 0.246 e. The quantitative estimate of drug-likeness (QED) is 0.394. The summed E-state index contributed by atoms with van der Waals surface area (Å²) in [6.45, 7) is 1.01. The number of hydrogen-bond acceptors (Lipinski definition) is 9. The maximum absolute atomic E-state index is 5.45. The van der Waals surface area contributed by atoms with Gasteiger partial charge in [0.25, 0.3) is 0 Å². The van der Waals surface area contributed by atoms with Gasteiger partial charge in [-0.2, -0.15) is 4.98 Å². The van der Waals surface area contributed by atoms with Crippen LogP contribution < -0.4 is 5.32 Å². The van der Waals surface area contributed by atoms with E-state index in [1.54, 1.807) is 23.7 Å². The first-order chi connectivity index (χ1) is 15.7. The van der Waals surface area contributed by atoms with Crippen LogP contribution >= 0.6 is 11.3 Å². The Morgan fingerprint density at radius 3 is 2.56 bits per heavy atom. The first kappa shape index (κ1) is 20.2. The standard InChI is InChI=1S/C23H21N7OS/c1-30(2)13-18-26-22(20-17(14-32-23(20)27-18)15-6-4-3-5-7-15)25-12-19-28-21(29-31-19)16-8-10-24-11-9-16/h3-11,14H,12-13H2,1-2H3,(H,25,26,27). The summed E-state index contributed by atoms with van der Waals surface area (Å²) in [5, 5.41) is 10.6. The van der Waals surface area contributed by atoms with Gasteiger partial charge in [-0.1, -0.05) is 35.5 Å². The lowest BCUT2D eigenvalue weighted by atomic mass is 10.1.